The number of fused-ring (bicyclic) bond motifs is 1. The normalized spacial score (nSPS) is 17.2. The first kappa shape index (κ1) is 15.5. The van der Waals surface area contributed by atoms with Gasteiger partial charge in [-0.25, -0.2) is 8.78 Å². The SMILES string of the molecule is COCc1nnc2n1[C@@H](C)CN(C(=O)c1cccc(F)c1F)C2. The Balaban J connectivity index is 1.88. The number of methoxy groups -OCH3 is 1. The van der Waals surface area contributed by atoms with Crippen LogP contribution in [-0.2, 0) is 17.9 Å². The molecule has 23 heavy (non-hydrogen) atoms. The lowest BCUT2D eigenvalue weighted by Gasteiger charge is -2.32. The Morgan fingerprint density at radius 1 is 1.39 bits per heavy atom. The zero-order chi connectivity index (χ0) is 16.6. The van der Waals surface area contributed by atoms with Crippen molar-refractivity contribution >= 4 is 5.91 Å². The topological polar surface area (TPSA) is 60.3 Å². The molecule has 1 aliphatic rings. The largest absolute Gasteiger partial charge is 0.377 e. The van der Waals surface area contributed by atoms with E-state index in [1.165, 1.54) is 17.0 Å². The van der Waals surface area contributed by atoms with Crippen LogP contribution in [0.5, 0.6) is 0 Å². The molecule has 0 saturated carbocycles. The van der Waals surface area contributed by atoms with E-state index in [4.69, 9.17) is 4.74 Å². The van der Waals surface area contributed by atoms with E-state index in [9.17, 15) is 13.6 Å². The average Bonchev–Trinajstić information content (AvgIpc) is 2.93. The molecule has 0 N–H and O–H groups in total. The van der Waals surface area contributed by atoms with Crippen molar-refractivity contribution in [3.8, 4) is 0 Å². The molecule has 122 valence electrons. The lowest BCUT2D eigenvalue weighted by atomic mass is 10.1. The number of nitrogens with zero attached hydrogens (tertiary/aromatic N) is 4. The van der Waals surface area contributed by atoms with Gasteiger partial charge in [-0.05, 0) is 19.1 Å². The molecular weight excluding hydrogens is 306 g/mol. The molecule has 0 radical (unpaired) electrons. The van der Waals surface area contributed by atoms with Crippen LogP contribution in [0, 0.1) is 11.6 Å². The summed E-state index contributed by atoms with van der Waals surface area (Å²) in [6.45, 7) is 2.78. The first-order valence-corrected chi connectivity index (χ1v) is 7.17. The second-order valence-electron chi connectivity index (χ2n) is 5.47. The fourth-order valence-electron chi connectivity index (χ4n) is 2.83. The molecule has 1 aliphatic heterocycles. The molecule has 2 aromatic rings. The highest BCUT2D eigenvalue weighted by Crippen LogP contribution is 2.24. The van der Waals surface area contributed by atoms with Gasteiger partial charge in [-0.3, -0.25) is 4.79 Å². The van der Waals surface area contributed by atoms with E-state index < -0.39 is 17.5 Å². The fourth-order valence-corrected chi connectivity index (χ4v) is 2.83. The Morgan fingerprint density at radius 3 is 2.91 bits per heavy atom. The molecule has 6 nitrogen and oxygen atoms in total. The summed E-state index contributed by atoms with van der Waals surface area (Å²) in [6.07, 6.45) is 0. The number of hydrogen-bond donors (Lipinski definition) is 0. The summed E-state index contributed by atoms with van der Waals surface area (Å²) in [7, 11) is 1.57. The molecule has 0 saturated heterocycles. The minimum atomic E-state index is -1.13. The van der Waals surface area contributed by atoms with Crippen molar-refractivity contribution in [2.24, 2.45) is 0 Å². The van der Waals surface area contributed by atoms with Gasteiger partial charge in [-0.2, -0.15) is 0 Å². The molecule has 1 aromatic heterocycles. The Bertz CT molecular complexity index is 747. The third-order valence-electron chi connectivity index (χ3n) is 3.84. The number of amides is 1. The maximum atomic E-state index is 13.8. The molecule has 0 bridgehead atoms. The second kappa shape index (κ2) is 6.04. The zero-order valence-corrected chi connectivity index (χ0v) is 12.8. The molecule has 1 amide bonds. The van der Waals surface area contributed by atoms with Crippen LogP contribution in [-0.4, -0.2) is 39.2 Å². The van der Waals surface area contributed by atoms with Gasteiger partial charge in [-0.15, -0.1) is 10.2 Å². The number of rotatable bonds is 3. The van der Waals surface area contributed by atoms with Crippen LogP contribution in [0.25, 0.3) is 0 Å². The Labute approximate surface area is 131 Å². The molecule has 0 aliphatic carbocycles. The smallest absolute Gasteiger partial charge is 0.257 e. The van der Waals surface area contributed by atoms with Gasteiger partial charge in [0.2, 0.25) is 0 Å². The standard InChI is InChI=1S/C15H16F2N4O2/c1-9-6-20(7-12-18-19-13(8-23-2)21(9)12)15(22)10-4-3-5-11(16)14(10)17/h3-5,9H,6-8H2,1-2H3/t9-/m0/s1. The molecule has 1 atom stereocenters. The summed E-state index contributed by atoms with van der Waals surface area (Å²) in [5, 5.41) is 8.12. The third kappa shape index (κ3) is 2.70. The first-order chi connectivity index (χ1) is 11.0. The number of carbonyl (C=O) groups excluding carboxylic acids is 1. The fraction of sp³-hybridized carbons (Fsp3) is 0.400. The minimum absolute atomic E-state index is 0.0838. The van der Waals surface area contributed by atoms with Crippen molar-refractivity contribution in [1.29, 1.82) is 0 Å². The number of halogens is 2. The summed E-state index contributed by atoms with van der Waals surface area (Å²) in [4.78, 5) is 13.9. The third-order valence-corrected chi connectivity index (χ3v) is 3.84. The van der Waals surface area contributed by atoms with Crippen molar-refractivity contribution < 1.29 is 18.3 Å². The monoisotopic (exact) mass is 322 g/mol. The maximum Gasteiger partial charge on any atom is 0.257 e. The molecule has 2 heterocycles. The quantitative estimate of drug-likeness (QED) is 0.866. The molecule has 0 fully saturated rings. The first-order valence-electron chi connectivity index (χ1n) is 7.17. The predicted molar refractivity (Wildman–Crippen MR) is 76.5 cm³/mol. The van der Waals surface area contributed by atoms with E-state index in [1.54, 1.807) is 7.11 Å². The number of aromatic nitrogens is 3. The van der Waals surface area contributed by atoms with Crippen molar-refractivity contribution in [3.63, 3.8) is 0 Å². The van der Waals surface area contributed by atoms with Crippen molar-refractivity contribution in [2.75, 3.05) is 13.7 Å². The summed E-state index contributed by atoms with van der Waals surface area (Å²) in [5.41, 5.74) is -0.276. The Kier molecular flexibility index (Phi) is 4.08. The van der Waals surface area contributed by atoms with Gasteiger partial charge in [0.25, 0.3) is 5.91 Å². The van der Waals surface area contributed by atoms with Gasteiger partial charge in [0, 0.05) is 13.7 Å². The van der Waals surface area contributed by atoms with E-state index in [0.29, 0.717) is 24.8 Å². The van der Waals surface area contributed by atoms with E-state index in [0.717, 1.165) is 6.07 Å². The van der Waals surface area contributed by atoms with Crippen LogP contribution in [0.1, 0.15) is 35.0 Å². The van der Waals surface area contributed by atoms with E-state index in [1.807, 2.05) is 11.5 Å². The van der Waals surface area contributed by atoms with Crippen LogP contribution < -0.4 is 0 Å². The predicted octanol–water partition coefficient (Wildman–Crippen LogP) is 1.92. The molecule has 0 unspecified atom stereocenters. The van der Waals surface area contributed by atoms with E-state index >= 15 is 0 Å². The number of carbonyl (C=O) groups is 1. The van der Waals surface area contributed by atoms with Gasteiger partial charge < -0.3 is 14.2 Å². The van der Waals surface area contributed by atoms with Crippen LogP contribution in [0.4, 0.5) is 8.78 Å². The van der Waals surface area contributed by atoms with Gasteiger partial charge in [0.15, 0.2) is 23.3 Å². The van der Waals surface area contributed by atoms with Crippen molar-refractivity contribution in [2.45, 2.75) is 26.1 Å². The molecule has 8 heteroatoms. The average molecular weight is 322 g/mol. The Hall–Kier alpha value is -2.35. The van der Waals surface area contributed by atoms with Gasteiger partial charge in [-0.1, -0.05) is 6.07 Å². The lowest BCUT2D eigenvalue weighted by Crippen LogP contribution is -2.41. The zero-order valence-electron chi connectivity index (χ0n) is 12.8. The molecular formula is C15H16F2N4O2. The lowest BCUT2D eigenvalue weighted by molar-refractivity contribution is 0.0669. The van der Waals surface area contributed by atoms with Gasteiger partial charge in [0.1, 0.15) is 6.61 Å². The minimum Gasteiger partial charge on any atom is -0.377 e. The highest BCUT2D eigenvalue weighted by molar-refractivity contribution is 5.94. The highest BCUT2D eigenvalue weighted by atomic mass is 19.2. The van der Waals surface area contributed by atoms with Crippen molar-refractivity contribution in [1.82, 2.24) is 19.7 Å². The van der Waals surface area contributed by atoms with Gasteiger partial charge in [0.05, 0.1) is 18.2 Å². The summed E-state index contributed by atoms with van der Waals surface area (Å²) in [6, 6.07) is 3.50. The van der Waals surface area contributed by atoms with E-state index in [-0.39, 0.29) is 18.2 Å². The maximum absolute atomic E-state index is 13.8. The van der Waals surface area contributed by atoms with Gasteiger partial charge >= 0.3 is 0 Å². The summed E-state index contributed by atoms with van der Waals surface area (Å²) in [5.74, 6) is -1.44. The van der Waals surface area contributed by atoms with Crippen LogP contribution in [0.15, 0.2) is 18.2 Å². The summed E-state index contributed by atoms with van der Waals surface area (Å²) < 4.78 is 34.1. The number of ether oxygens (including phenoxy) is 1. The van der Waals surface area contributed by atoms with E-state index in [2.05, 4.69) is 10.2 Å². The van der Waals surface area contributed by atoms with Crippen LogP contribution >= 0.6 is 0 Å². The molecule has 0 spiro atoms. The van der Waals surface area contributed by atoms with Crippen LogP contribution in [0.3, 0.4) is 0 Å². The second-order valence-corrected chi connectivity index (χ2v) is 5.47. The number of benzene rings is 1. The van der Waals surface area contributed by atoms with Crippen molar-refractivity contribution in [3.05, 3.63) is 47.0 Å². The molecule has 1 aromatic carbocycles. The highest BCUT2D eigenvalue weighted by Gasteiger charge is 2.31. The van der Waals surface area contributed by atoms with Crippen LogP contribution in [0.2, 0.25) is 0 Å². The summed E-state index contributed by atoms with van der Waals surface area (Å²) >= 11 is 0. The molecule has 3 rings (SSSR count). The Morgan fingerprint density at radius 2 is 2.17 bits per heavy atom. The number of hydrogen-bond acceptors (Lipinski definition) is 4.